The van der Waals surface area contributed by atoms with Crippen LogP contribution in [0.15, 0.2) is 53.9 Å². The van der Waals surface area contributed by atoms with Crippen LogP contribution in [0.3, 0.4) is 0 Å². The van der Waals surface area contributed by atoms with Crippen LogP contribution in [0.4, 0.5) is 0 Å². The van der Waals surface area contributed by atoms with E-state index in [9.17, 15) is 10.4 Å². The van der Waals surface area contributed by atoms with E-state index in [1.54, 1.807) is 12.1 Å². The van der Waals surface area contributed by atoms with E-state index in [4.69, 9.17) is 10.5 Å². The van der Waals surface area contributed by atoms with Crippen LogP contribution in [0.5, 0.6) is 11.5 Å². The summed E-state index contributed by atoms with van der Waals surface area (Å²) in [5.41, 5.74) is 9.19. The van der Waals surface area contributed by atoms with Crippen LogP contribution in [0, 0.1) is 18.3 Å². The van der Waals surface area contributed by atoms with Gasteiger partial charge in [-0.1, -0.05) is 35.9 Å². The molecule has 1 heterocycles. The summed E-state index contributed by atoms with van der Waals surface area (Å²) in [6, 6.07) is 14.9. The number of allylic oxidation sites excluding steroid dienone is 1. The Balaban J connectivity index is 2.21. The number of aryl methyl sites for hydroxylation is 1. The van der Waals surface area contributed by atoms with E-state index in [0.717, 1.165) is 16.7 Å². The van der Waals surface area contributed by atoms with E-state index in [0.29, 0.717) is 11.3 Å². The zero-order valence-electron chi connectivity index (χ0n) is 11.5. The molecule has 2 aromatic rings. The molecule has 0 amide bonds. The van der Waals surface area contributed by atoms with E-state index >= 15 is 0 Å². The minimum Gasteiger partial charge on any atom is -0.508 e. The fraction of sp³-hybridized carbons (Fsp3) is 0.118. The summed E-state index contributed by atoms with van der Waals surface area (Å²) in [6.07, 6.45) is 0. The number of fused-ring (bicyclic) bond motifs is 1. The number of nitrogens with zero attached hydrogens (tertiary/aromatic N) is 1. The Hall–Kier alpha value is -2.93. The Morgan fingerprint density at radius 2 is 1.90 bits per heavy atom. The molecule has 4 nitrogen and oxygen atoms in total. The number of hydrogen-bond donors (Lipinski definition) is 2. The number of rotatable bonds is 1. The Morgan fingerprint density at radius 1 is 1.19 bits per heavy atom. The first-order valence-electron chi connectivity index (χ1n) is 6.57. The number of phenols is 1. The first-order chi connectivity index (χ1) is 10.1. The van der Waals surface area contributed by atoms with Crippen LogP contribution >= 0.6 is 0 Å². The van der Waals surface area contributed by atoms with Crippen LogP contribution < -0.4 is 10.5 Å². The number of ether oxygens (including phenoxy) is 1. The Morgan fingerprint density at radius 3 is 2.57 bits per heavy atom. The van der Waals surface area contributed by atoms with Gasteiger partial charge in [-0.3, -0.25) is 0 Å². The maximum atomic E-state index is 9.59. The van der Waals surface area contributed by atoms with Crippen molar-refractivity contribution in [3.8, 4) is 17.6 Å². The maximum Gasteiger partial charge on any atom is 0.205 e. The lowest BCUT2D eigenvalue weighted by Gasteiger charge is -2.26. The van der Waals surface area contributed by atoms with Gasteiger partial charge >= 0.3 is 0 Å². The fourth-order valence-electron chi connectivity index (χ4n) is 2.55. The summed E-state index contributed by atoms with van der Waals surface area (Å²) in [5.74, 6) is 0.391. The Bertz CT molecular complexity index is 770. The first kappa shape index (κ1) is 13.1. The Labute approximate surface area is 122 Å². The summed E-state index contributed by atoms with van der Waals surface area (Å²) >= 11 is 0. The minimum atomic E-state index is -0.278. The van der Waals surface area contributed by atoms with Gasteiger partial charge in [0.05, 0.1) is 5.92 Å². The molecule has 2 aromatic carbocycles. The van der Waals surface area contributed by atoms with E-state index in [-0.39, 0.29) is 17.6 Å². The lowest BCUT2D eigenvalue weighted by molar-refractivity contribution is 0.388. The molecule has 4 heteroatoms. The van der Waals surface area contributed by atoms with E-state index in [1.807, 2.05) is 31.2 Å². The summed E-state index contributed by atoms with van der Waals surface area (Å²) in [6.45, 7) is 2.01. The van der Waals surface area contributed by atoms with E-state index in [1.165, 1.54) is 6.07 Å². The van der Waals surface area contributed by atoms with Gasteiger partial charge in [0.25, 0.3) is 0 Å². The minimum absolute atomic E-state index is 0.0844. The summed E-state index contributed by atoms with van der Waals surface area (Å²) in [5, 5.41) is 19.0. The number of hydrogen-bond acceptors (Lipinski definition) is 4. The van der Waals surface area contributed by atoms with Gasteiger partial charge in [-0.2, -0.15) is 5.26 Å². The second-order valence-corrected chi connectivity index (χ2v) is 5.06. The summed E-state index contributed by atoms with van der Waals surface area (Å²) in [7, 11) is 0. The maximum absolute atomic E-state index is 9.59. The average molecular weight is 278 g/mol. The number of benzene rings is 2. The molecule has 0 aliphatic carbocycles. The van der Waals surface area contributed by atoms with E-state index < -0.39 is 0 Å². The topological polar surface area (TPSA) is 79.3 Å². The highest BCUT2D eigenvalue weighted by atomic mass is 16.5. The van der Waals surface area contributed by atoms with Crippen molar-refractivity contribution in [3.05, 3.63) is 70.6 Å². The molecule has 1 aliphatic rings. The van der Waals surface area contributed by atoms with Crippen LogP contribution in [0.25, 0.3) is 0 Å². The Kier molecular flexibility index (Phi) is 3.03. The average Bonchev–Trinajstić information content (AvgIpc) is 2.46. The summed E-state index contributed by atoms with van der Waals surface area (Å²) in [4.78, 5) is 0. The first-order valence-corrected chi connectivity index (χ1v) is 6.57. The molecule has 0 bridgehead atoms. The predicted octanol–water partition coefficient (Wildman–Crippen LogP) is 2.92. The van der Waals surface area contributed by atoms with Crippen molar-refractivity contribution in [2.24, 2.45) is 5.73 Å². The van der Waals surface area contributed by atoms with Crippen molar-refractivity contribution in [1.82, 2.24) is 0 Å². The number of aromatic hydroxyl groups is 1. The molecule has 0 fully saturated rings. The van der Waals surface area contributed by atoms with Gasteiger partial charge in [0.15, 0.2) is 0 Å². The van der Waals surface area contributed by atoms with Gasteiger partial charge in [-0.25, -0.2) is 0 Å². The van der Waals surface area contributed by atoms with Crippen molar-refractivity contribution in [2.45, 2.75) is 12.8 Å². The third kappa shape index (κ3) is 2.19. The quantitative estimate of drug-likeness (QED) is 0.840. The second-order valence-electron chi connectivity index (χ2n) is 5.06. The van der Waals surface area contributed by atoms with Crippen molar-refractivity contribution in [3.63, 3.8) is 0 Å². The second kappa shape index (κ2) is 4.88. The molecule has 0 unspecified atom stereocenters. The van der Waals surface area contributed by atoms with Crippen LogP contribution in [0.1, 0.15) is 22.6 Å². The van der Waals surface area contributed by atoms with Gasteiger partial charge in [-0.15, -0.1) is 0 Å². The molecular formula is C17H14N2O2. The smallest absolute Gasteiger partial charge is 0.205 e. The SMILES string of the molecule is Cc1ccc([C@@H]2C(C#N)=C(N)Oc3cc(O)ccc32)cc1. The highest BCUT2D eigenvalue weighted by Crippen LogP contribution is 2.43. The number of nitriles is 1. The highest BCUT2D eigenvalue weighted by molar-refractivity contribution is 5.57. The third-order valence-electron chi connectivity index (χ3n) is 3.61. The zero-order chi connectivity index (χ0) is 15.0. The molecule has 3 N–H and O–H groups in total. The van der Waals surface area contributed by atoms with Gasteiger partial charge in [0.2, 0.25) is 5.88 Å². The number of nitrogens with two attached hydrogens (primary N) is 1. The van der Waals surface area contributed by atoms with Gasteiger partial charge in [0, 0.05) is 11.6 Å². The van der Waals surface area contributed by atoms with Crippen LogP contribution in [-0.4, -0.2) is 5.11 Å². The fourth-order valence-corrected chi connectivity index (χ4v) is 2.55. The highest BCUT2D eigenvalue weighted by Gasteiger charge is 2.30. The third-order valence-corrected chi connectivity index (χ3v) is 3.61. The van der Waals surface area contributed by atoms with Crippen LogP contribution in [-0.2, 0) is 0 Å². The molecule has 0 aromatic heterocycles. The largest absolute Gasteiger partial charge is 0.508 e. The van der Waals surface area contributed by atoms with Gasteiger partial charge < -0.3 is 15.6 Å². The molecule has 1 aliphatic heterocycles. The molecule has 0 spiro atoms. The molecule has 104 valence electrons. The lowest BCUT2D eigenvalue weighted by Crippen LogP contribution is -2.20. The molecule has 0 radical (unpaired) electrons. The molecule has 21 heavy (non-hydrogen) atoms. The van der Waals surface area contributed by atoms with Crippen molar-refractivity contribution in [1.29, 1.82) is 5.26 Å². The number of phenolic OH excluding ortho intramolecular Hbond substituents is 1. The van der Waals surface area contributed by atoms with Gasteiger partial charge in [-0.05, 0) is 18.6 Å². The molecule has 0 saturated heterocycles. The monoisotopic (exact) mass is 278 g/mol. The van der Waals surface area contributed by atoms with Crippen molar-refractivity contribution >= 4 is 0 Å². The molecule has 3 rings (SSSR count). The van der Waals surface area contributed by atoms with Gasteiger partial charge in [0.1, 0.15) is 23.1 Å². The van der Waals surface area contributed by atoms with E-state index in [2.05, 4.69) is 6.07 Å². The van der Waals surface area contributed by atoms with Crippen molar-refractivity contribution in [2.75, 3.05) is 0 Å². The van der Waals surface area contributed by atoms with Crippen LogP contribution in [0.2, 0.25) is 0 Å². The molecule has 0 saturated carbocycles. The molecule has 1 atom stereocenters. The predicted molar refractivity (Wildman–Crippen MR) is 78.6 cm³/mol. The standard InChI is InChI=1S/C17H14N2O2/c1-10-2-4-11(5-3-10)16-13-7-6-12(20)8-15(13)21-17(19)14(16)9-18/h2-8,16,20H,19H2,1H3/t16-/m0/s1. The molecular weight excluding hydrogens is 264 g/mol. The zero-order valence-corrected chi connectivity index (χ0v) is 11.5. The summed E-state index contributed by atoms with van der Waals surface area (Å²) < 4.78 is 5.47. The normalized spacial score (nSPS) is 16.9. The van der Waals surface area contributed by atoms with Crippen molar-refractivity contribution < 1.29 is 9.84 Å². The lowest BCUT2D eigenvalue weighted by atomic mass is 9.83.